The lowest BCUT2D eigenvalue weighted by Gasteiger charge is -2.08. The molecule has 1 aromatic heterocycles. The maximum Gasteiger partial charge on any atom is 0.257 e. The molecule has 4 nitrogen and oxygen atoms in total. The van der Waals surface area contributed by atoms with Gasteiger partial charge in [0.25, 0.3) is 6.43 Å². The standard InChI is InChI=1S/C10H18F2N4/c1-7(2)3-4-9-8(5-13)14-15-16(9)6-10(11)12/h7,10H,3-6,13H2,1-2H3. The third-order valence-electron chi connectivity index (χ3n) is 2.38. The van der Waals surface area contributed by atoms with Crippen molar-refractivity contribution < 1.29 is 8.78 Å². The molecule has 0 spiro atoms. The van der Waals surface area contributed by atoms with Crippen LogP contribution in [-0.2, 0) is 19.5 Å². The predicted octanol–water partition coefficient (Wildman–Crippen LogP) is 1.59. The number of rotatable bonds is 6. The Bertz CT molecular complexity index is 323. The molecule has 6 heteroatoms. The van der Waals surface area contributed by atoms with Crippen molar-refractivity contribution in [2.24, 2.45) is 11.7 Å². The summed E-state index contributed by atoms with van der Waals surface area (Å²) in [5, 5.41) is 7.53. The predicted molar refractivity (Wildman–Crippen MR) is 57.1 cm³/mol. The van der Waals surface area contributed by atoms with E-state index >= 15 is 0 Å². The van der Waals surface area contributed by atoms with Crippen molar-refractivity contribution in [1.82, 2.24) is 15.0 Å². The van der Waals surface area contributed by atoms with Crippen LogP contribution < -0.4 is 5.73 Å². The van der Waals surface area contributed by atoms with Crippen molar-refractivity contribution in [1.29, 1.82) is 0 Å². The lowest BCUT2D eigenvalue weighted by Crippen LogP contribution is -2.13. The lowest BCUT2D eigenvalue weighted by atomic mass is 10.1. The highest BCUT2D eigenvalue weighted by Crippen LogP contribution is 2.13. The van der Waals surface area contributed by atoms with Crippen LogP contribution in [0.1, 0.15) is 31.7 Å². The summed E-state index contributed by atoms with van der Waals surface area (Å²) in [5.74, 6) is 0.514. The van der Waals surface area contributed by atoms with Crippen molar-refractivity contribution in [3.63, 3.8) is 0 Å². The average Bonchev–Trinajstić information content (AvgIpc) is 2.56. The molecule has 0 amide bonds. The van der Waals surface area contributed by atoms with Gasteiger partial charge in [-0.25, -0.2) is 13.5 Å². The van der Waals surface area contributed by atoms with Crippen LogP contribution in [0.5, 0.6) is 0 Å². The Morgan fingerprint density at radius 2 is 2.06 bits per heavy atom. The first-order valence-corrected chi connectivity index (χ1v) is 5.44. The average molecular weight is 232 g/mol. The zero-order chi connectivity index (χ0) is 12.1. The van der Waals surface area contributed by atoms with Crippen molar-refractivity contribution in [3.05, 3.63) is 11.4 Å². The third kappa shape index (κ3) is 3.52. The van der Waals surface area contributed by atoms with E-state index in [0.29, 0.717) is 18.0 Å². The minimum absolute atomic E-state index is 0.247. The second kappa shape index (κ2) is 5.89. The van der Waals surface area contributed by atoms with Gasteiger partial charge in [-0.15, -0.1) is 5.10 Å². The first-order chi connectivity index (χ1) is 7.54. The Balaban J connectivity index is 2.79. The Morgan fingerprint density at radius 1 is 1.38 bits per heavy atom. The summed E-state index contributed by atoms with van der Waals surface area (Å²) >= 11 is 0. The van der Waals surface area contributed by atoms with Gasteiger partial charge in [0, 0.05) is 6.54 Å². The topological polar surface area (TPSA) is 56.7 Å². The minimum Gasteiger partial charge on any atom is -0.325 e. The van der Waals surface area contributed by atoms with E-state index in [4.69, 9.17) is 5.73 Å². The highest BCUT2D eigenvalue weighted by molar-refractivity contribution is 5.10. The molecule has 1 rings (SSSR count). The molecule has 0 aromatic carbocycles. The number of aromatic nitrogens is 3. The van der Waals surface area contributed by atoms with E-state index in [0.717, 1.165) is 12.1 Å². The molecule has 0 fully saturated rings. The first-order valence-electron chi connectivity index (χ1n) is 5.44. The minimum atomic E-state index is -2.41. The smallest absolute Gasteiger partial charge is 0.257 e. The molecule has 0 unspecified atom stereocenters. The van der Waals surface area contributed by atoms with Crippen LogP contribution in [0.4, 0.5) is 8.78 Å². The van der Waals surface area contributed by atoms with Crippen LogP contribution in [0.2, 0.25) is 0 Å². The number of hydrogen-bond acceptors (Lipinski definition) is 3. The van der Waals surface area contributed by atoms with Crippen molar-refractivity contribution >= 4 is 0 Å². The van der Waals surface area contributed by atoms with Gasteiger partial charge in [-0.1, -0.05) is 19.1 Å². The zero-order valence-corrected chi connectivity index (χ0v) is 9.66. The van der Waals surface area contributed by atoms with Crippen LogP contribution in [0.15, 0.2) is 0 Å². The van der Waals surface area contributed by atoms with Gasteiger partial charge < -0.3 is 5.73 Å². The summed E-state index contributed by atoms with van der Waals surface area (Å²) < 4.78 is 25.9. The molecule has 2 N–H and O–H groups in total. The summed E-state index contributed by atoms with van der Waals surface area (Å²) in [4.78, 5) is 0. The van der Waals surface area contributed by atoms with Crippen LogP contribution in [0.3, 0.4) is 0 Å². The number of alkyl halides is 2. The molecule has 0 bridgehead atoms. The Kier molecular flexibility index (Phi) is 4.79. The maximum absolute atomic E-state index is 12.3. The largest absolute Gasteiger partial charge is 0.325 e. The normalized spacial score (nSPS) is 11.7. The molecule has 0 atom stereocenters. The Morgan fingerprint density at radius 3 is 2.56 bits per heavy atom. The Labute approximate surface area is 93.8 Å². The summed E-state index contributed by atoms with van der Waals surface area (Å²) in [6, 6.07) is 0. The van der Waals surface area contributed by atoms with Gasteiger partial charge in [0.05, 0.1) is 11.4 Å². The molecular formula is C10H18F2N4. The molecule has 16 heavy (non-hydrogen) atoms. The molecule has 1 heterocycles. The molecule has 92 valence electrons. The second-order valence-electron chi connectivity index (χ2n) is 4.19. The Hall–Kier alpha value is -1.04. The van der Waals surface area contributed by atoms with Crippen LogP contribution >= 0.6 is 0 Å². The number of halogens is 2. The molecule has 0 aliphatic carbocycles. The lowest BCUT2D eigenvalue weighted by molar-refractivity contribution is 0.119. The summed E-state index contributed by atoms with van der Waals surface area (Å²) in [6.07, 6.45) is -0.793. The fraction of sp³-hybridized carbons (Fsp3) is 0.800. The number of nitrogens with zero attached hydrogens (tertiary/aromatic N) is 3. The SMILES string of the molecule is CC(C)CCc1c(CN)nnn1CC(F)F. The quantitative estimate of drug-likeness (QED) is 0.810. The van der Waals surface area contributed by atoms with Gasteiger partial charge in [-0.05, 0) is 18.8 Å². The molecule has 0 saturated carbocycles. The van der Waals surface area contributed by atoms with E-state index in [1.54, 1.807) is 0 Å². The van der Waals surface area contributed by atoms with E-state index in [9.17, 15) is 8.78 Å². The molecule has 0 radical (unpaired) electrons. The van der Waals surface area contributed by atoms with Gasteiger partial charge in [-0.3, -0.25) is 0 Å². The monoisotopic (exact) mass is 232 g/mol. The highest BCUT2D eigenvalue weighted by Gasteiger charge is 2.15. The van der Waals surface area contributed by atoms with E-state index < -0.39 is 13.0 Å². The van der Waals surface area contributed by atoms with Gasteiger partial charge in [-0.2, -0.15) is 0 Å². The zero-order valence-electron chi connectivity index (χ0n) is 9.66. The van der Waals surface area contributed by atoms with Crippen LogP contribution in [0, 0.1) is 5.92 Å². The number of hydrogen-bond donors (Lipinski definition) is 1. The summed E-state index contributed by atoms with van der Waals surface area (Å²) in [5.41, 5.74) is 6.87. The number of nitrogens with two attached hydrogens (primary N) is 1. The van der Waals surface area contributed by atoms with Gasteiger partial charge >= 0.3 is 0 Å². The second-order valence-corrected chi connectivity index (χ2v) is 4.19. The molecule has 0 aliphatic rings. The molecular weight excluding hydrogens is 214 g/mol. The highest BCUT2D eigenvalue weighted by atomic mass is 19.3. The summed E-state index contributed by atoms with van der Waals surface area (Å²) in [6.45, 7) is 4.02. The van der Waals surface area contributed by atoms with Gasteiger partial charge in [0.1, 0.15) is 6.54 Å². The maximum atomic E-state index is 12.3. The van der Waals surface area contributed by atoms with Crippen molar-refractivity contribution in [2.75, 3.05) is 0 Å². The van der Waals surface area contributed by atoms with E-state index in [-0.39, 0.29) is 6.54 Å². The molecule has 0 saturated heterocycles. The fourth-order valence-corrected chi connectivity index (χ4v) is 1.50. The first kappa shape index (κ1) is 13.0. The van der Waals surface area contributed by atoms with Gasteiger partial charge in [0.2, 0.25) is 0 Å². The molecule has 0 aliphatic heterocycles. The third-order valence-corrected chi connectivity index (χ3v) is 2.38. The van der Waals surface area contributed by atoms with Gasteiger partial charge in [0.15, 0.2) is 0 Å². The van der Waals surface area contributed by atoms with Crippen molar-refractivity contribution in [3.8, 4) is 0 Å². The van der Waals surface area contributed by atoms with E-state index in [1.807, 2.05) is 0 Å². The van der Waals surface area contributed by atoms with Crippen LogP contribution in [-0.4, -0.2) is 21.4 Å². The van der Waals surface area contributed by atoms with E-state index in [2.05, 4.69) is 24.2 Å². The molecule has 1 aromatic rings. The van der Waals surface area contributed by atoms with E-state index in [1.165, 1.54) is 4.68 Å². The summed E-state index contributed by atoms with van der Waals surface area (Å²) in [7, 11) is 0. The van der Waals surface area contributed by atoms with Crippen molar-refractivity contribution in [2.45, 2.75) is 46.2 Å². The fourth-order valence-electron chi connectivity index (χ4n) is 1.50. The van der Waals surface area contributed by atoms with Crippen LogP contribution in [0.25, 0.3) is 0 Å².